The second-order valence-corrected chi connectivity index (χ2v) is 18.0. The molecule has 10 nitrogen and oxygen atoms in total. The molecular formula is C53H63FN2O8. The summed E-state index contributed by atoms with van der Waals surface area (Å²) < 4.78 is 41.4. The van der Waals surface area contributed by atoms with E-state index in [4.69, 9.17) is 28.9 Å². The van der Waals surface area contributed by atoms with Crippen LogP contribution >= 0.6 is 0 Å². The smallest absolute Gasteiger partial charge is 0.410 e. The summed E-state index contributed by atoms with van der Waals surface area (Å²) in [5.41, 5.74) is 2.55. The number of unbranched alkanes of at least 4 members (excludes halogenated alkanes) is 2. The van der Waals surface area contributed by atoms with Crippen LogP contribution in [0.4, 0.5) is 9.18 Å². The summed E-state index contributed by atoms with van der Waals surface area (Å²) in [4.78, 5) is 22.5. The molecule has 2 N–H and O–H groups in total. The van der Waals surface area contributed by atoms with Crippen LogP contribution in [0.25, 0.3) is 10.8 Å². The van der Waals surface area contributed by atoms with Crippen molar-refractivity contribution in [3.05, 3.63) is 139 Å². The molecule has 11 heteroatoms. The first-order valence-electron chi connectivity index (χ1n) is 22.7. The number of rotatable bonds is 20. The second kappa shape index (κ2) is 21.0. The van der Waals surface area contributed by atoms with E-state index in [1.165, 1.54) is 12.1 Å². The van der Waals surface area contributed by atoms with Crippen LogP contribution in [0.2, 0.25) is 0 Å². The number of aliphatic hydroxyl groups is 2. The van der Waals surface area contributed by atoms with E-state index < -0.39 is 35.3 Å². The fourth-order valence-corrected chi connectivity index (χ4v) is 9.67. The SMILES string of the molecule is C=CCCOC(=O)N(Cc1ccc(F)cc1)C1CC(=NOC(C)(C)C)C2=CC(CCCCO)C(CCCCO)C3c4cc(Oc5ccc6ccccc6c5)ccc4OC1(OCC=C)C23. The van der Waals surface area contributed by atoms with Crippen molar-refractivity contribution >= 4 is 22.6 Å². The molecule has 0 radical (unpaired) electrons. The van der Waals surface area contributed by atoms with Crippen molar-refractivity contribution < 1.29 is 43.2 Å². The van der Waals surface area contributed by atoms with Crippen molar-refractivity contribution in [1.82, 2.24) is 4.90 Å². The lowest BCUT2D eigenvalue weighted by atomic mass is 9.55. The molecule has 6 atom stereocenters. The fraction of sp³-hybridized carbons (Fsp3) is 0.434. The number of allylic oxidation sites excluding steroid dienone is 1. The Hall–Kier alpha value is -5.49. The van der Waals surface area contributed by atoms with Crippen molar-refractivity contribution in [2.24, 2.45) is 22.9 Å². The fourth-order valence-electron chi connectivity index (χ4n) is 9.67. The van der Waals surface area contributed by atoms with E-state index in [9.17, 15) is 19.4 Å². The van der Waals surface area contributed by atoms with Crippen LogP contribution in [0.5, 0.6) is 17.2 Å². The molecule has 0 saturated heterocycles. The molecule has 0 bridgehead atoms. The maximum absolute atomic E-state index is 14.7. The summed E-state index contributed by atoms with van der Waals surface area (Å²) in [6.45, 7) is 14.1. The zero-order valence-corrected chi connectivity index (χ0v) is 37.4. The van der Waals surface area contributed by atoms with Crippen molar-refractivity contribution in [1.29, 1.82) is 0 Å². The molecule has 0 spiro atoms. The van der Waals surface area contributed by atoms with Crippen LogP contribution in [0.15, 0.2) is 127 Å². The molecule has 4 aromatic rings. The van der Waals surface area contributed by atoms with Crippen LogP contribution in [0.3, 0.4) is 0 Å². The van der Waals surface area contributed by atoms with Crippen LogP contribution in [0.1, 0.15) is 89.2 Å². The number of hydrogen-bond acceptors (Lipinski definition) is 9. The Kier molecular flexibility index (Phi) is 15.3. The van der Waals surface area contributed by atoms with E-state index in [-0.39, 0.29) is 57.1 Å². The minimum Gasteiger partial charge on any atom is -0.459 e. The van der Waals surface area contributed by atoms with Crippen molar-refractivity contribution in [3.63, 3.8) is 0 Å². The molecule has 1 saturated carbocycles. The normalized spacial score (nSPS) is 23.0. The van der Waals surface area contributed by atoms with E-state index >= 15 is 0 Å². The van der Waals surface area contributed by atoms with Crippen molar-refractivity contribution in [2.75, 3.05) is 26.4 Å². The number of aliphatic hydroxyl groups excluding tert-OH is 2. The van der Waals surface area contributed by atoms with Gasteiger partial charge in [0.05, 0.1) is 24.8 Å². The summed E-state index contributed by atoms with van der Waals surface area (Å²) in [5, 5.41) is 27.1. The molecular weight excluding hydrogens is 812 g/mol. The lowest BCUT2D eigenvalue weighted by molar-refractivity contribution is -0.256. The summed E-state index contributed by atoms with van der Waals surface area (Å²) >= 11 is 0. The number of carbonyl (C=O) groups excluding carboxylic acids is 1. The van der Waals surface area contributed by atoms with Gasteiger partial charge < -0.3 is 34.0 Å². The van der Waals surface area contributed by atoms with Crippen LogP contribution in [0, 0.1) is 23.6 Å². The first-order valence-corrected chi connectivity index (χ1v) is 22.7. The molecule has 1 amide bonds. The minimum absolute atomic E-state index is 0.0119. The van der Waals surface area contributed by atoms with Crippen LogP contribution in [-0.4, -0.2) is 70.8 Å². The number of ether oxygens (including phenoxy) is 4. The molecule has 2 aliphatic carbocycles. The third-order valence-corrected chi connectivity index (χ3v) is 12.5. The van der Waals surface area contributed by atoms with Gasteiger partial charge in [-0.25, -0.2) is 9.18 Å². The third-order valence-electron chi connectivity index (χ3n) is 12.5. The Morgan fingerprint density at radius 3 is 2.36 bits per heavy atom. The van der Waals surface area contributed by atoms with Crippen molar-refractivity contribution in [2.45, 2.75) is 102 Å². The molecule has 6 unspecified atom stereocenters. The number of carbonyl (C=O) groups is 1. The number of amides is 1. The van der Waals surface area contributed by atoms with E-state index in [0.717, 1.165) is 47.6 Å². The first kappa shape index (κ1) is 46.5. The topological polar surface area (TPSA) is 119 Å². The van der Waals surface area contributed by atoms with E-state index in [1.54, 1.807) is 29.2 Å². The molecule has 1 fully saturated rings. The van der Waals surface area contributed by atoms with Gasteiger partial charge in [-0.1, -0.05) is 78.7 Å². The predicted octanol–water partition coefficient (Wildman–Crippen LogP) is 11.4. The Morgan fingerprint density at radius 1 is 0.922 bits per heavy atom. The maximum Gasteiger partial charge on any atom is 0.410 e. The molecule has 4 aromatic carbocycles. The summed E-state index contributed by atoms with van der Waals surface area (Å²) in [6.07, 6.45) is 10.2. The molecule has 1 aliphatic heterocycles. The highest BCUT2D eigenvalue weighted by Gasteiger charge is 2.65. The lowest BCUT2D eigenvalue weighted by Gasteiger charge is -2.60. The minimum atomic E-state index is -1.51. The number of oxime groups is 1. The highest BCUT2D eigenvalue weighted by molar-refractivity contribution is 6.03. The Morgan fingerprint density at radius 2 is 1.64 bits per heavy atom. The number of benzene rings is 4. The van der Waals surface area contributed by atoms with Gasteiger partial charge in [-0.3, -0.25) is 4.90 Å². The largest absolute Gasteiger partial charge is 0.459 e. The molecule has 340 valence electrons. The number of nitrogens with zero attached hydrogens (tertiary/aromatic N) is 2. The van der Waals surface area contributed by atoms with Gasteiger partial charge >= 0.3 is 6.09 Å². The number of fused-ring (bicyclic) bond motifs is 3. The van der Waals surface area contributed by atoms with Gasteiger partial charge in [0.1, 0.15) is 34.7 Å². The third kappa shape index (κ3) is 10.5. The van der Waals surface area contributed by atoms with Gasteiger partial charge in [0.15, 0.2) is 0 Å². The molecule has 7 rings (SSSR count). The highest BCUT2D eigenvalue weighted by Crippen LogP contribution is 2.62. The molecule has 1 heterocycles. The van der Waals surface area contributed by atoms with E-state index in [1.807, 2.05) is 63.2 Å². The molecule has 0 aromatic heterocycles. The standard InChI is InChI=1S/C53H63FN2O8/c1-6-8-30-60-51(59)56(35-36-19-22-40(54)23-20-36)48-34-46(55-64-52(3,4)5)44-32-39(17-11-13-27-57)43(18-12-14-28-58)49-45-33-42(62-41-24-21-37-15-9-10-16-38(37)31-41)25-26-47(45)63-53(48,50(44)49)61-29-7-2/h6-7,9-10,15-16,19-26,31-33,39,43,48-50,57-58H,1-2,8,11-14,17-18,27-30,34-35H2,3-5H3. The summed E-state index contributed by atoms with van der Waals surface area (Å²) in [7, 11) is 0. The van der Waals surface area contributed by atoms with Crippen molar-refractivity contribution in [3.8, 4) is 17.2 Å². The van der Waals surface area contributed by atoms with Gasteiger partial charge in [0, 0.05) is 37.7 Å². The lowest BCUT2D eigenvalue weighted by Crippen LogP contribution is -2.70. The zero-order valence-electron chi connectivity index (χ0n) is 37.4. The number of halogens is 1. The molecule has 64 heavy (non-hydrogen) atoms. The number of hydrogen-bond donors (Lipinski definition) is 2. The Labute approximate surface area is 377 Å². The van der Waals surface area contributed by atoms with Crippen LogP contribution in [-0.2, 0) is 20.9 Å². The van der Waals surface area contributed by atoms with E-state index in [0.29, 0.717) is 47.8 Å². The Balaban J connectivity index is 1.46. The average molecular weight is 875 g/mol. The highest BCUT2D eigenvalue weighted by atomic mass is 19.1. The average Bonchev–Trinajstić information content (AvgIpc) is 3.28. The van der Waals surface area contributed by atoms with Gasteiger partial charge in [0.2, 0.25) is 5.79 Å². The summed E-state index contributed by atoms with van der Waals surface area (Å²) in [6, 6.07) is 25.3. The maximum atomic E-state index is 14.7. The monoisotopic (exact) mass is 874 g/mol. The second-order valence-electron chi connectivity index (χ2n) is 18.0. The van der Waals surface area contributed by atoms with Crippen LogP contribution < -0.4 is 9.47 Å². The zero-order chi connectivity index (χ0) is 45.3. The van der Waals surface area contributed by atoms with Gasteiger partial charge in [-0.15, -0.1) is 13.2 Å². The predicted molar refractivity (Wildman–Crippen MR) is 248 cm³/mol. The van der Waals surface area contributed by atoms with Gasteiger partial charge in [-0.05, 0) is 129 Å². The van der Waals surface area contributed by atoms with Gasteiger partial charge in [0.25, 0.3) is 0 Å². The molecule has 3 aliphatic rings. The first-order chi connectivity index (χ1) is 31.0. The summed E-state index contributed by atoms with van der Waals surface area (Å²) in [5.74, 6) is -0.719. The van der Waals surface area contributed by atoms with Gasteiger partial charge in [-0.2, -0.15) is 0 Å². The quantitative estimate of drug-likeness (QED) is 0.0512. The van der Waals surface area contributed by atoms with E-state index in [2.05, 4.69) is 37.4 Å². The Bertz CT molecular complexity index is 2300.